The number of nitrogens with two attached hydrogens (primary N) is 1. The molecule has 0 spiro atoms. The first-order valence-electron chi connectivity index (χ1n) is 5.00. The van der Waals surface area contributed by atoms with Crippen LogP contribution in [0.15, 0.2) is 5.38 Å². The van der Waals surface area contributed by atoms with Crippen LogP contribution in [0.25, 0.3) is 0 Å². The Morgan fingerprint density at radius 1 is 1.47 bits per heavy atom. The zero-order chi connectivity index (χ0) is 12.4. The van der Waals surface area contributed by atoms with Gasteiger partial charge in [0.1, 0.15) is 10.7 Å². The Morgan fingerprint density at radius 2 is 2.24 bits per heavy atom. The van der Waals surface area contributed by atoms with Crippen molar-refractivity contribution >= 4 is 33.7 Å². The summed E-state index contributed by atoms with van der Waals surface area (Å²) in [7, 11) is 0. The van der Waals surface area contributed by atoms with E-state index in [9.17, 15) is 4.79 Å². The van der Waals surface area contributed by atoms with Gasteiger partial charge in [0.25, 0.3) is 5.91 Å². The Kier molecular flexibility index (Phi) is 3.51. The van der Waals surface area contributed by atoms with Gasteiger partial charge in [-0.05, 0) is 13.8 Å². The Hall–Kier alpha value is -1.31. The molecule has 0 aliphatic heterocycles. The number of hydrogen-bond acceptors (Lipinski definition) is 6. The van der Waals surface area contributed by atoms with E-state index in [4.69, 9.17) is 5.73 Å². The van der Waals surface area contributed by atoms with Crippen molar-refractivity contribution in [1.82, 2.24) is 9.97 Å². The molecule has 0 aliphatic carbocycles. The number of amides is 1. The molecular formula is C10H12N4OS2. The molecular weight excluding hydrogens is 256 g/mol. The number of nitrogens with one attached hydrogen (secondary N) is 1. The predicted molar refractivity (Wildman–Crippen MR) is 69.5 cm³/mol. The van der Waals surface area contributed by atoms with Gasteiger partial charge in [-0.25, -0.2) is 9.97 Å². The second-order valence-electron chi connectivity index (χ2n) is 3.45. The highest BCUT2D eigenvalue weighted by atomic mass is 32.1. The lowest BCUT2D eigenvalue weighted by Gasteiger charge is -1.96. The zero-order valence-corrected chi connectivity index (χ0v) is 11.1. The van der Waals surface area contributed by atoms with Crippen LogP contribution in [0.5, 0.6) is 0 Å². The molecule has 17 heavy (non-hydrogen) atoms. The van der Waals surface area contributed by atoms with Gasteiger partial charge in [0.2, 0.25) is 0 Å². The van der Waals surface area contributed by atoms with Crippen molar-refractivity contribution in [2.45, 2.75) is 20.4 Å². The molecule has 0 aromatic carbocycles. The van der Waals surface area contributed by atoms with Crippen LogP contribution in [0, 0.1) is 13.8 Å². The molecule has 0 radical (unpaired) electrons. The van der Waals surface area contributed by atoms with Gasteiger partial charge in [0.15, 0.2) is 5.13 Å². The van der Waals surface area contributed by atoms with Crippen LogP contribution in [0.2, 0.25) is 0 Å². The lowest BCUT2D eigenvalue weighted by Crippen LogP contribution is -2.12. The van der Waals surface area contributed by atoms with Crippen LogP contribution >= 0.6 is 22.7 Å². The summed E-state index contributed by atoms with van der Waals surface area (Å²) in [6.07, 6.45) is 0. The Labute approximate surface area is 107 Å². The van der Waals surface area contributed by atoms with Crippen molar-refractivity contribution in [3.63, 3.8) is 0 Å². The summed E-state index contributed by atoms with van der Waals surface area (Å²) in [5.41, 5.74) is 6.77. The van der Waals surface area contributed by atoms with Crippen molar-refractivity contribution in [2.24, 2.45) is 5.73 Å². The van der Waals surface area contributed by atoms with Crippen molar-refractivity contribution in [2.75, 3.05) is 5.32 Å². The molecule has 90 valence electrons. The fourth-order valence-electron chi connectivity index (χ4n) is 1.20. The molecule has 0 bridgehead atoms. The molecule has 5 nitrogen and oxygen atoms in total. The average Bonchev–Trinajstić information content (AvgIpc) is 2.87. The number of hydrogen-bond donors (Lipinski definition) is 2. The van der Waals surface area contributed by atoms with Gasteiger partial charge in [0.05, 0.1) is 5.69 Å². The highest BCUT2D eigenvalue weighted by Gasteiger charge is 2.12. The molecule has 0 saturated heterocycles. The Balaban J connectivity index is 2.11. The maximum atomic E-state index is 11.8. The lowest BCUT2D eigenvalue weighted by molar-refractivity contribution is 0.102. The van der Waals surface area contributed by atoms with Gasteiger partial charge < -0.3 is 5.73 Å². The van der Waals surface area contributed by atoms with Crippen molar-refractivity contribution in [3.8, 4) is 0 Å². The number of nitrogens with zero attached hydrogens (tertiary/aromatic N) is 2. The lowest BCUT2D eigenvalue weighted by atomic mass is 10.4. The summed E-state index contributed by atoms with van der Waals surface area (Å²) in [5.74, 6) is -0.241. The van der Waals surface area contributed by atoms with Crippen molar-refractivity contribution in [1.29, 1.82) is 0 Å². The van der Waals surface area contributed by atoms with Gasteiger partial charge in [-0.2, -0.15) is 0 Å². The largest absolute Gasteiger partial charge is 0.325 e. The normalized spacial score (nSPS) is 10.5. The minimum Gasteiger partial charge on any atom is -0.325 e. The molecule has 2 aromatic heterocycles. The third-order valence-electron chi connectivity index (χ3n) is 2.21. The summed E-state index contributed by atoms with van der Waals surface area (Å²) in [6, 6.07) is 0. The van der Waals surface area contributed by atoms with Crippen LogP contribution in [0.4, 0.5) is 5.13 Å². The average molecular weight is 268 g/mol. The number of anilines is 1. The smallest absolute Gasteiger partial charge is 0.276 e. The molecule has 0 fully saturated rings. The number of thiazole rings is 2. The highest BCUT2D eigenvalue weighted by Crippen LogP contribution is 2.21. The topological polar surface area (TPSA) is 80.9 Å². The summed E-state index contributed by atoms with van der Waals surface area (Å²) < 4.78 is 0. The van der Waals surface area contributed by atoms with Crippen molar-refractivity contribution in [3.05, 3.63) is 26.7 Å². The number of aromatic nitrogens is 2. The molecule has 3 N–H and O–H groups in total. The van der Waals surface area contributed by atoms with E-state index in [0.29, 0.717) is 17.4 Å². The van der Waals surface area contributed by atoms with Crippen LogP contribution in [0.1, 0.15) is 26.1 Å². The first-order valence-corrected chi connectivity index (χ1v) is 6.69. The maximum absolute atomic E-state index is 11.8. The molecule has 0 atom stereocenters. The minimum atomic E-state index is -0.241. The van der Waals surface area contributed by atoms with E-state index in [1.54, 1.807) is 5.38 Å². The van der Waals surface area contributed by atoms with Crippen LogP contribution in [-0.4, -0.2) is 15.9 Å². The second kappa shape index (κ2) is 4.91. The van der Waals surface area contributed by atoms with E-state index in [1.807, 2.05) is 13.8 Å². The third kappa shape index (κ3) is 2.68. The van der Waals surface area contributed by atoms with E-state index < -0.39 is 0 Å². The van der Waals surface area contributed by atoms with Crippen LogP contribution in [-0.2, 0) is 6.54 Å². The third-order valence-corrected chi connectivity index (χ3v) is 4.07. The molecule has 0 saturated carbocycles. The van der Waals surface area contributed by atoms with E-state index >= 15 is 0 Å². The van der Waals surface area contributed by atoms with E-state index in [2.05, 4.69) is 15.3 Å². The van der Waals surface area contributed by atoms with Gasteiger partial charge in [-0.3, -0.25) is 10.1 Å². The quantitative estimate of drug-likeness (QED) is 0.891. The molecule has 2 heterocycles. The Morgan fingerprint density at radius 3 is 2.76 bits per heavy atom. The van der Waals surface area contributed by atoms with Crippen LogP contribution < -0.4 is 11.1 Å². The van der Waals surface area contributed by atoms with Crippen LogP contribution in [0.3, 0.4) is 0 Å². The van der Waals surface area contributed by atoms with E-state index in [1.165, 1.54) is 22.7 Å². The zero-order valence-electron chi connectivity index (χ0n) is 9.48. The van der Waals surface area contributed by atoms with Gasteiger partial charge in [0, 0.05) is 16.8 Å². The standard InChI is InChI=1S/C10H12N4OS2/c1-5-6(2)17-10(12-5)14-9(15)7-4-16-8(3-11)13-7/h4H,3,11H2,1-2H3,(H,12,14,15). The number of carbonyl (C=O) groups is 1. The maximum Gasteiger partial charge on any atom is 0.276 e. The second-order valence-corrected chi connectivity index (χ2v) is 5.59. The predicted octanol–water partition coefficient (Wildman–Crippen LogP) is 1.93. The van der Waals surface area contributed by atoms with Gasteiger partial charge in [-0.1, -0.05) is 0 Å². The highest BCUT2D eigenvalue weighted by molar-refractivity contribution is 7.15. The Bertz CT molecular complexity index is 527. The van der Waals surface area contributed by atoms with E-state index in [-0.39, 0.29) is 5.91 Å². The molecule has 2 rings (SSSR count). The fourth-order valence-corrected chi connectivity index (χ4v) is 2.66. The van der Waals surface area contributed by atoms with Crippen molar-refractivity contribution < 1.29 is 4.79 Å². The molecule has 0 aliphatic rings. The first kappa shape index (κ1) is 12.2. The molecule has 0 unspecified atom stereocenters. The monoisotopic (exact) mass is 268 g/mol. The summed E-state index contributed by atoms with van der Waals surface area (Å²) in [6.45, 7) is 4.24. The summed E-state index contributed by atoms with van der Waals surface area (Å²) >= 11 is 2.84. The first-order chi connectivity index (χ1) is 8.10. The summed E-state index contributed by atoms with van der Waals surface area (Å²) in [4.78, 5) is 21.3. The number of rotatable bonds is 3. The number of carbonyl (C=O) groups excluding carboxylic acids is 1. The fraction of sp³-hybridized carbons (Fsp3) is 0.300. The minimum absolute atomic E-state index is 0.241. The van der Waals surface area contributed by atoms with Gasteiger partial charge >= 0.3 is 0 Å². The molecule has 1 amide bonds. The number of aryl methyl sites for hydroxylation is 2. The van der Waals surface area contributed by atoms with Gasteiger partial charge in [-0.15, -0.1) is 22.7 Å². The molecule has 7 heteroatoms. The van der Waals surface area contributed by atoms with E-state index in [0.717, 1.165) is 15.6 Å². The SMILES string of the molecule is Cc1nc(NC(=O)c2csc(CN)n2)sc1C. The summed E-state index contributed by atoms with van der Waals surface area (Å²) in [5, 5.41) is 5.78. The molecule has 2 aromatic rings.